The zero-order valence-electron chi connectivity index (χ0n) is 15.2. The fraction of sp³-hybridized carbons (Fsp3) is 0.444. The molecule has 0 aliphatic carbocycles. The summed E-state index contributed by atoms with van der Waals surface area (Å²) in [6, 6.07) is 1.03. The van der Waals surface area contributed by atoms with Gasteiger partial charge in [0.2, 0.25) is 23.6 Å². The Balaban J connectivity index is 1.38. The molecule has 10 nitrogen and oxygen atoms in total. The van der Waals surface area contributed by atoms with Crippen molar-refractivity contribution in [1.29, 1.82) is 0 Å². The zero-order valence-corrected chi connectivity index (χ0v) is 15.2. The summed E-state index contributed by atoms with van der Waals surface area (Å²) in [4.78, 5) is 60.8. The molecular weight excluding hydrogens is 364 g/mol. The van der Waals surface area contributed by atoms with Crippen LogP contribution in [0.5, 0.6) is 0 Å². The van der Waals surface area contributed by atoms with Gasteiger partial charge in [-0.2, -0.15) is 0 Å². The van der Waals surface area contributed by atoms with Crippen molar-refractivity contribution in [2.75, 3.05) is 18.0 Å². The molecule has 28 heavy (non-hydrogen) atoms. The average molecular weight is 382 g/mol. The average Bonchev–Trinajstić information content (AvgIpc) is 3.12. The molecule has 5 heterocycles. The molecule has 3 aliphatic rings. The smallest absolute Gasteiger partial charge is 0.249 e. The molecule has 0 aromatic carbocycles. The number of nitrogens with one attached hydrogen (secondary N) is 1. The SMILES string of the molecule is Cn1ccc2c(N3CC4(CC(=O)N(C5CCC(=O)NC5=O)C4=O)C3)ncnc21. The van der Waals surface area contributed by atoms with E-state index in [0.29, 0.717) is 13.1 Å². The van der Waals surface area contributed by atoms with Crippen LogP contribution in [0, 0.1) is 5.41 Å². The Morgan fingerprint density at radius 2 is 1.96 bits per heavy atom. The lowest BCUT2D eigenvalue weighted by molar-refractivity contribution is -0.152. The highest BCUT2D eigenvalue weighted by atomic mass is 16.2. The monoisotopic (exact) mass is 382 g/mol. The molecule has 1 unspecified atom stereocenters. The Morgan fingerprint density at radius 1 is 1.18 bits per heavy atom. The summed E-state index contributed by atoms with van der Waals surface area (Å²) >= 11 is 0. The van der Waals surface area contributed by atoms with Crippen molar-refractivity contribution in [3.63, 3.8) is 0 Å². The normalized spacial score (nSPS) is 24.2. The van der Waals surface area contributed by atoms with Gasteiger partial charge in [-0.05, 0) is 12.5 Å². The highest BCUT2D eigenvalue weighted by Crippen LogP contribution is 2.45. The second kappa shape index (κ2) is 5.60. The summed E-state index contributed by atoms with van der Waals surface area (Å²) in [6.45, 7) is 0.727. The molecule has 0 bridgehead atoms. The van der Waals surface area contributed by atoms with E-state index in [9.17, 15) is 19.2 Å². The molecule has 0 saturated carbocycles. The number of hydrogen-bond donors (Lipinski definition) is 1. The molecule has 2 aromatic rings. The highest BCUT2D eigenvalue weighted by molar-refractivity contribution is 6.12. The second-order valence-electron chi connectivity index (χ2n) is 7.71. The molecule has 2 aromatic heterocycles. The lowest BCUT2D eigenvalue weighted by Gasteiger charge is -2.46. The number of aryl methyl sites for hydroxylation is 1. The maximum atomic E-state index is 13.1. The molecule has 10 heteroatoms. The quantitative estimate of drug-likeness (QED) is 0.685. The third-order valence-corrected chi connectivity index (χ3v) is 5.88. The van der Waals surface area contributed by atoms with Crippen molar-refractivity contribution < 1.29 is 19.2 Å². The number of likely N-dealkylation sites (tertiary alicyclic amines) is 1. The van der Waals surface area contributed by atoms with E-state index in [4.69, 9.17) is 0 Å². The number of amides is 4. The maximum absolute atomic E-state index is 13.1. The third kappa shape index (κ3) is 2.20. The molecule has 5 rings (SSSR count). The summed E-state index contributed by atoms with van der Waals surface area (Å²) in [5.74, 6) is -0.905. The van der Waals surface area contributed by atoms with Crippen LogP contribution in [0.25, 0.3) is 11.0 Å². The Labute approximate surface area is 159 Å². The number of imide groups is 2. The van der Waals surface area contributed by atoms with Crippen LogP contribution in [-0.4, -0.2) is 62.2 Å². The minimum Gasteiger partial charge on any atom is -0.354 e. The van der Waals surface area contributed by atoms with E-state index >= 15 is 0 Å². The van der Waals surface area contributed by atoms with Crippen molar-refractivity contribution in [1.82, 2.24) is 24.8 Å². The maximum Gasteiger partial charge on any atom is 0.249 e. The number of aromatic nitrogens is 3. The molecule has 3 saturated heterocycles. The van der Waals surface area contributed by atoms with E-state index in [1.807, 2.05) is 28.8 Å². The van der Waals surface area contributed by atoms with Crippen molar-refractivity contribution in [3.05, 3.63) is 18.6 Å². The van der Waals surface area contributed by atoms with Crippen LogP contribution in [0.3, 0.4) is 0 Å². The summed E-state index contributed by atoms with van der Waals surface area (Å²) in [7, 11) is 1.90. The van der Waals surface area contributed by atoms with E-state index in [0.717, 1.165) is 21.8 Å². The van der Waals surface area contributed by atoms with Crippen molar-refractivity contribution in [3.8, 4) is 0 Å². The summed E-state index contributed by atoms with van der Waals surface area (Å²) < 4.78 is 1.89. The van der Waals surface area contributed by atoms with E-state index < -0.39 is 17.4 Å². The first-order valence-corrected chi connectivity index (χ1v) is 9.11. The molecule has 1 atom stereocenters. The fourth-order valence-electron chi connectivity index (χ4n) is 4.46. The minimum absolute atomic E-state index is 0.0725. The van der Waals surface area contributed by atoms with Gasteiger partial charge < -0.3 is 9.47 Å². The Kier molecular flexibility index (Phi) is 3.37. The third-order valence-electron chi connectivity index (χ3n) is 5.88. The molecule has 3 fully saturated rings. The van der Waals surface area contributed by atoms with Crippen LogP contribution in [-0.2, 0) is 26.2 Å². The highest BCUT2D eigenvalue weighted by Gasteiger charge is 2.61. The first-order chi connectivity index (χ1) is 13.4. The standard InChI is InChI=1S/C18H18N6O4/c1-22-5-4-10-14(22)19-9-20-15(10)23-7-18(8-23)6-13(26)24(17(18)28)11-2-3-12(25)21-16(11)27/h4-5,9,11H,2-3,6-8H2,1H3,(H,21,25,27). The first kappa shape index (κ1) is 16.8. The number of rotatable bonds is 2. The Hall–Kier alpha value is -3.30. The number of piperidine rings is 1. The van der Waals surface area contributed by atoms with Crippen LogP contribution in [0.2, 0.25) is 0 Å². The van der Waals surface area contributed by atoms with Gasteiger partial charge in [0.25, 0.3) is 0 Å². The van der Waals surface area contributed by atoms with Crippen molar-refractivity contribution in [2.45, 2.75) is 25.3 Å². The largest absolute Gasteiger partial charge is 0.354 e. The molecule has 0 radical (unpaired) electrons. The van der Waals surface area contributed by atoms with Gasteiger partial charge in [-0.3, -0.25) is 29.4 Å². The van der Waals surface area contributed by atoms with Crippen LogP contribution in [0.1, 0.15) is 19.3 Å². The van der Waals surface area contributed by atoms with Gasteiger partial charge in [-0.15, -0.1) is 0 Å². The van der Waals surface area contributed by atoms with Gasteiger partial charge in [-0.1, -0.05) is 0 Å². The first-order valence-electron chi connectivity index (χ1n) is 9.11. The fourth-order valence-corrected chi connectivity index (χ4v) is 4.46. The number of hydrogen-bond acceptors (Lipinski definition) is 7. The number of nitrogens with zero attached hydrogens (tertiary/aromatic N) is 5. The molecule has 4 amide bonds. The number of anilines is 1. The minimum atomic E-state index is -0.897. The molecule has 3 aliphatic heterocycles. The van der Waals surface area contributed by atoms with Crippen LogP contribution in [0.4, 0.5) is 5.82 Å². The van der Waals surface area contributed by atoms with Crippen LogP contribution < -0.4 is 10.2 Å². The Bertz CT molecular complexity index is 1050. The molecule has 1 N–H and O–H groups in total. The lowest BCUT2D eigenvalue weighted by atomic mass is 9.78. The van der Waals surface area contributed by atoms with Gasteiger partial charge in [0.05, 0.1) is 10.8 Å². The van der Waals surface area contributed by atoms with Crippen LogP contribution >= 0.6 is 0 Å². The van der Waals surface area contributed by atoms with E-state index in [1.54, 1.807) is 0 Å². The van der Waals surface area contributed by atoms with Gasteiger partial charge in [0, 0.05) is 39.2 Å². The van der Waals surface area contributed by atoms with Gasteiger partial charge in [0.15, 0.2) is 0 Å². The molecule has 144 valence electrons. The van der Waals surface area contributed by atoms with Gasteiger partial charge >= 0.3 is 0 Å². The number of carbonyl (C=O) groups is 4. The van der Waals surface area contributed by atoms with Crippen molar-refractivity contribution >= 4 is 40.5 Å². The summed E-state index contributed by atoms with van der Waals surface area (Å²) in [5.41, 5.74) is -0.0323. The zero-order chi connectivity index (χ0) is 19.6. The van der Waals surface area contributed by atoms with E-state index in [-0.39, 0.29) is 37.0 Å². The van der Waals surface area contributed by atoms with Gasteiger partial charge in [0.1, 0.15) is 23.8 Å². The van der Waals surface area contributed by atoms with E-state index in [1.165, 1.54) is 6.33 Å². The summed E-state index contributed by atoms with van der Waals surface area (Å²) in [6.07, 6.45) is 3.76. The van der Waals surface area contributed by atoms with E-state index in [2.05, 4.69) is 15.3 Å². The van der Waals surface area contributed by atoms with Crippen molar-refractivity contribution in [2.24, 2.45) is 12.5 Å². The lowest BCUT2D eigenvalue weighted by Crippen LogP contribution is -2.62. The van der Waals surface area contributed by atoms with Gasteiger partial charge in [-0.25, -0.2) is 9.97 Å². The molecule has 1 spiro atoms. The number of fused-ring (bicyclic) bond motifs is 1. The topological polar surface area (TPSA) is 118 Å². The molecular formula is C18H18N6O4. The predicted molar refractivity (Wildman–Crippen MR) is 95.8 cm³/mol. The number of carbonyl (C=O) groups excluding carboxylic acids is 4. The predicted octanol–water partition coefficient (Wildman–Crippen LogP) is -0.661. The Morgan fingerprint density at radius 3 is 2.71 bits per heavy atom. The van der Waals surface area contributed by atoms with Crippen LogP contribution in [0.15, 0.2) is 18.6 Å². The second-order valence-corrected chi connectivity index (χ2v) is 7.71. The summed E-state index contributed by atoms with van der Waals surface area (Å²) in [5, 5.41) is 3.10.